The van der Waals surface area contributed by atoms with E-state index in [0.29, 0.717) is 5.56 Å². The van der Waals surface area contributed by atoms with Crippen molar-refractivity contribution in [2.75, 3.05) is 6.61 Å². The van der Waals surface area contributed by atoms with Crippen LogP contribution >= 0.6 is 0 Å². The van der Waals surface area contributed by atoms with E-state index in [1.807, 2.05) is 0 Å². The summed E-state index contributed by atoms with van der Waals surface area (Å²) in [7, 11) is 0. The summed E-state index contributed by atoms with van der Waals surface area (Å²) in [5.41, 5.74) is 0.823. The topological polar surface area (TPSA) is 64.1 Å². The average molecular weight is 325 g/mol. The first-order chi connectivity index (χ1) is 10.8. The van der Waals surface area contributed by atoms with Crippen LogP contribution in [0.5, 0.6) is 5.75 Å². The van der Waals surface area contributed by atoms with Gasteiger partial charge in [0.25, 0.3) is 5.91 Å². The standard InChI is InChI=1S/C15H14F3N3O2/c1-10(21-14(22)13-5-6-19-9-20-13)11-3-2-4-12(7-11)23-8-15(16,17)18/h2-7,9-10H,8H2,1H3,(H,21,22). The van der Waals surface area contributed by atoms with E-state index in [1.54, 1.807) is 19.1 Å². The number of ether oxygens (including phenoxy) is 1. The molecule has 0 radical (unpaired) electrons. The van der Waals surface area contributed by atoms with Crippen LogP contribution in [0.25, 0.3) is 0 Å². The molecule has 1 aromatic carbocycles. The van der Waals surface area contributed by atoms with E-state index < -0.39 is 24.7 Å². The molecule has 2 aromatic rings. The lowest BCUT2D eigenvalue weighted by molar-refractivity contribution is -0.153. The van der Waals surface area contributed by atoms with E-state index in [1.165, 1.54) is 30.7 Å². The molecule has 1 unspecified atom stereocenters. The third-order valence-electron chi connectivity index (χ3n) is 2.92. The highest BCUT2D eigenvalue weighted by atomic mass is 19.4. The van der Waals surface area contributed by atoms with Gasteiger partial charge in [0.15, 0.2) is 6.61 Å². The minimum Gasteiger partial charge on any atom is -0.484 e. The van der Waals surface area contributed by atoms with E-state index in [-0.39, 0.29) is 11.4 Å². The molecule has 2 rings (SSSR count). The molecule has 0 fully saturated rings. The van der Waals surface area contributed by atoms with Gasteiger partial charge in [-0.2, -0.15) is 13.2 Å². The van der Waals surface area contributed by atoms with Gasteiger partial charge in [0.1, 0.15) is 17.8 Å². The summed E-state index contributed by atoms with van der Waals surface area (Å²) in [6.45, 7) is 0.347. The zero-order valence-electron chi connectivity index (χ0n) is 12.2. The number of alkyl halides is 3. The minimum atomic E-state index is -4.40. The fourth-order valence-electron chi connectivity index (χ4n) is 1.82. The van der Waals surface area contributed by atoms with Crippen LogP contribution in [0.1, 0.15) is 29.0 Å². The molecular weight excluding hydrogens is 311 g/mol. The lowest BCUT2D eigenvalue weighted by Gasteiger charge is -2.15. The first-order valence-electron chi connectivity index (χ1n) is 6.71. The van der Waals surface area contributed by atoms with Crippen molar-refractivity contribution in [3.63, 3.8) is 0 Å². The molecule has 0 aliphatic heterocycles. The van der Waals surface area contributed by atoms with E-state index in [9.17, 15) is 18.0 Å². The maximum atomic E-state index is 12.2. The second-order valence-corrected chi connectivity index (χ2v) is 4.77. The molecule has 1 aromatic heterocycles. The number of benzene rings is 1. The van der Waals surface area contributed by atoms with E-state index in [0.717, 1.165) is 0 Å². The number of halogens is 3. The Kier molecular flexibility index (Phi) is 5.15. The first kappa shape index (κ1) is 16.7. The Labute approximate surface area is 130 Å². The molecule has 1 N–H and O–H groups in total. The molecule has 0 saturated heterocycles. The Bertz CT molecular complexity index is 663. The number of amides is 1. The Morgan fingerprint density at radius 2 is 2.13 bits per heavy atom. The number of rotatable bonds is 5. The molecule has 8 heteroatoms. The predicted octanol–water partition coefficient (Wildman–Crippen LogP) is 2.91. The number of nitrogens with one attached hydrogen (secondary N) is 1. The largest absolute Gasteiger partial charge is 0.484 e. The van der Waals surface area contributed by atoms with Gasteiger partial charge >= 0.3 is 6.18 Å². The molecule has 23 heavy (non-hydrogen) atoms. The highest BCUT2D eigenvalue weighted by molar-refractivity contribution is 5.92. The molecule has 1 heterocycles. The number of hydrogen-bond acceptors (Lipinski definition) is 4. The molecule has 5 nitrogen and oxygen atoms in total. The second-order valence-electron chi connectivity index (χ2n) is 4.77. The van der Waals surface area contributed by atoms with Crippen molar-refractivity contribution in [2.24, 2.45) is 0 Å². The highest BCUT2D eigenvalue weighted by Crippen LogP contribution is 2.22. The molecule has 1 atom stereocenters. The zero-order valence-corrected chi connectivity index (χ0v) is 12.2. The van der Waals surface area contributed by atoms with Gasteiger partial charge in [-0.1, -0.05) is 12.1 Å². The molecule has 0 bridgehead atoms. The number of aromatic nitrogens is 2. The van der Waals surface area contributed by atoms with Crippen molar-refractivity contribution in [1.29, 1.82) is 0 Å². The molecule has 0 spiro atoms. The summed E-state index contributed by atoms with van der Waals surface area (Å²) in [6, 6.07) is 7.17. The van der Waals surface area contributed by atoms with Crippen molar-refractivity contribution >= 4 is 5.91 Å². The van der Waals surface area contributed by atoms with E-state index >= 15 is 0 Å². The van der Waals surface area contributed by atoms with Gasteiger partial charge in [-0.15, -0.1) is 0 Å². The van der Waals surface area contributed by atoms with E-state index in [2.05, 4.69) is 15.3 Å². The number of carbonyl (C=O) groups is 1. The summed E-state index contributed by atoms with van der Waals surface area (Å²) >= 11 is 0. The Morgan fingerprint density at radius 3 is 2.78 bits per heavy atom. The Balaban J connectivity index is 2.02. The number of nitrogens with zero attached hydrogens (tertiary/aromatic N) is 2. The molecule has 0 saturated carbocycles. The molecular formula is C15H14F3N3O2. The van der Waals surface area contributed by atoms with Crippen LogP contribution in [0.15, 0.2) is 42.9 Å². The van der Waals surface area contributed by atoms with Crippen molar-refractivity contribution in [1.82, 2.24) is 15.3 Å². The summed E-state index contributed by atoms with van der Waals surface area (Å²) in [5, 5.41) is 2.71. The zero-order chi connectivity index (χ0) is 16.9. The number of carbonyl (C=O) groups excluding carboxylic acids is 1. The maximum absolute atomic E-state index is 12.2. The van der Waals surface area contributed by atoms with Gasteiger partial charge in [0, 0.05) is 6.20 Å². The van der Waals surface area contributed by atoms with Gasteiger partial charge in [-0.25, -0.2) is 9.97 Å². The molecule has 0 aliphatic carbocycles. The summed E-state index contributed by atoms with van der Waals surface area (Å²) in [5.74, 6) is -0.315. The van der Waals surface area contributed by atoms with Crippen LogP contribution in [0.3, 0.4) is 0 Å². The molecule has 122 valence electrons. The fourth-order valence-corrected chi connectivity index (χ4v) is 1.82. The third-order valence-corrected chi connectivity index (χ3v) is 2.92. The predicted molar refractivity (Wildman–Crippen MR) is 75.9 cm³/mol. The van der Waals surface area contributed by atoms with Crippen molar-refractivity contribution in [3.05, 3.63) is 54.1 Å². The maximum Gasteiger partial charge on any atom is 0.422 e. The van der Waals surface area contributed by atoms with Crippen LogP contribution in [0.4, 0.5) is 13.2 Å². The van der Waals surface area contributed by atoms with Gasteiger partial charge < -0.3 is 10.1 Å². The normalized spacial score (nSPS) is 12.5. The molecule has 0 aliphatic rings. The monoisotopic (exact) mass is 325 g/mol. The quantitative estimate of drug-likeness (QED) is 0.918. The highest BCUT2D eigenvalue weighted by Gasteiger charge is 2.28. The Hall–Kier alpha value is -2.64. The summed E-state index contributed by atoms with van der Waals surface area (Å²) < 4.78 is 41.2. The third kappa shape index (κ3) is 5.24. The van der Waals surface area contributed by atoms with Crippen molar-refractivity contribution < 1.29 is 22.7 Å². The van der Waals surface area contributed by atoms with Crippen LogP contribution in [-0.2, 0) is 0 Å². The Morgan fingerprint density at radius 1 is 1.35 bits per heavy atom. The average Bonchev–Trinajstić information content (AvgIpc) is 2.53. The fraction of sp³-hybridized carbons (Fsp3) is 0.267. The van der Waals surface area contributed by atoms with Crippen LogP contribution in [-0.4, -0.2) is 28.7 Å². The molecule has 1 amide bonds. The van der Waals surface area contributed by atoms with Gasteiger partial charge in [-0.05, 0) is 30.7 Å². The SMILES string of the molecule is CC(NC(=O)c1ccncn1)c1cccc(OCC(F)(F)F)c1. The smallest absolute Gasteiger partial charge is 0.422 e. The van der Waals surface area contributed by atoms with Gasteiger partial charge in [0.2, 0.25) is 0 Å². The lowest BCUT2D eigenvalue weighted by atomic mass is 10.1. The van der Waals surface area contributed by atoms with Gasteiger partial charge in [-0.3, -0.25) is 4.79 Å². The van der Waals surface area contributed by atoms with Crippen molar-refractivity contribution in [2.45, 2.75) is 19.1 Å². The number of hydrogen-bond donors (Lipinski definition) is 1. The minimum absolute atomic E-state index is 0.0861. The van der Waals surface area contributed by atoms with E-state index in [4.69, 9.17) is 4.74 Å². The van der Waals surface area contributed by atoms with Crippen LogP contribution < -0.4 is 10.1 Å². The van der Waals surface area contributed by atoms with Gasteiger partial charge in [0.05, 0.1) is 6.04 Å². The second kappa shape index (κ2) is 7.08. The summed E-state index contributed by atoms with van der Waals surface area (Å²) in [4.78, 5) is 19.5. The van der Waals surface area contributed by atoms with Crippen molar-refractivity contribution in [3.8, 4) is 5.75 Å². The van der Waals surface area contributed by atoms with Crippen LogP contribution in [0.2, 0.25) is 0 Å². The lowest BCUT2D eigenvalue weighted by Crippen LogP contribution is -2.27. The van der Waals surface area contributed by atoms with Crippen LogP contribution in [0, 0.1) is 0 Å². The summed E-state index contributed by atoms with van der Waals surface area (Å²) in [6.07, 6.45) is -1.70. The first-order valence-corrected chi connectivity index (χ1v) is 6.71.